The molecule has 118 valence electrons. The minimum atomic E-state index is -0.278. The molecule has 1 fully saturated rings. The monoisotopic (exact) mass is 366 g/mol. The number of aryl methyl sites for hydroxylation is 1. The van der Waals surface area contributed by atoms with Crippen molar-refractivity contribution in [1.82, 2.24) is 4.98 Å². The Balaban J connectivity index is 1.98. The lowest BCUT2D eigenvalue weighted by atomic mass is 10.1. The number of halogens is 2. The zero-order chi connectivity index (χ0) is 15.7. The van der Waals surface area contributed by atoms with Crippen LogP contribution in [0.3, 0.4) is 0 Å². The minimum absolute atomic E-state index is 0.278. The highest BCUT2D eigenvalue weighted by molar-refractivity contribution is 9.10. The number of nitrogens with zero attached hydrogens (tertiary/aromatic N) is 1. The lowest BCUT2D eigenvalue weighted by Crippen LogP contribution is -2.17. The van der Waals surface area contributed by atoms with E-state index in [9.17, 15) is 4.39 Å². The van der Waals surface area contributed by atoms with Gasteiger partial charge in [-0.2, -0.15) is 0 Å². The van der Waals surface area contributed by atoms with Gasteiger partial charge in [0.2, 0.25) is 0 Å². The number of pyridine rings is 1. The molecule has 2 atom stereocenters. The van der Waals surface area contributed by atoms with Crippen molar-refractivity contribution in [2.45, 2.75) is 44.8 Å². The molecule has 1 heterocycles. The third kappa shape index (κ3) is 3.10. The van der Waals surface area contributed by atoms with Crippen LogP contribution in [0.4, 0.5) is 10.1 Å². The molecular formula is C17H20BrFN2O. The van der Waals surface area contributed by atoms with Gasteiger partial charge < -0.3 is 10.1 Å². The lowest BCUT2D eigenvalue weighted by molar-refractivity contribution is 0.108. The predicted octanol–water partition coefficient (Wildman–Crippen LogP) is 4.68. The molecule has 0 aliphatic heterocycles. The van der Waals surface area contributed by atoms with E-state index >= 15 is 0 Å². The van der Waals surface area contributed by atoms with Crippen LogP contribution in [0.25, 0.3) is 10.9 Å². The first kappa shape index (κ1) is 15.7. The number of methoxy groups -OCH3 is 1. The summed E-state index contributed by atoms with van der Waals surface area (Å²) in [5.41, 5.74) is 2.70. The number of benzene rings is 1. The van der Waals surface area contributed by atoms with Crippen LogP contribution in [-0.4, -0.2) is 24.2 Å². The molecule has 1 N–H and O–H groups in total. The molecule has 5 heteroatoms. The van der Waals surface area contributed by atoms with Crippen molar-refractivity contribution >= 4 is 32.5 Å². The topological polar surface area (TPSA) is 34.1 Å². The van der Waals surface area contributed by atoms with Gasteiger partial charge in [-0.3, -0.25) is 4.98 Å². The number of aromatic nitrogens is 1. The maximum Gasteiger partial charge on any atom is 0.139 e. The summed E-state index contributed by atoms with van der Waals surface area (Å²) in [5, 5.41) is 4.56. The number of anilines is 1. The van der Waals surface area contributed by atoms with Gasteiger partial charge in [-0.1, -0.05) is 6.92 Å². The molecule has 22 heavy (non-hydrogen) atoms. The molecule has 0 spiro atoms. The summed E-state index contributed by atoms with van der Waals surface area (Å²) >= 11 is 3.27. The summed E-state index contributed by atoms with van der Waals surface area (Å²) in [5.74, 6) is -0.278. The van der Waals surface area contributed by atoms with Crippen LogP contribution < -0.4 is 5.32 Å². The molecule has 0 saturated heterocycles. The van der Waals surface area contributed by atoms with E-state index in [0.29, 0.717) is 22.1 Å². The van der Waals surface area contributed by atoms with Crippen LogP contribution in [0.2, 0.25) is 0 Å². The van der Waals surface area contributed by atoms with E-state index in [2.05, 4.69) is 39.2 Å². The van der Waals surface area contributed by atoms with Gasteiger partial charge in [-0.25, -0.2) is 4.39 Å². The van der Waals surface area contributed by atoms with Crippen molar-refractivity contribution < 1.29 is 9.13 Å². The molecule has 3 rings (SSSR count). The fourth-order valence-electron chi connectivity index (χ4n) is 3.08. The maximum absolute atomic E-state index is 13.8. The fraction of sp³-hybridized carbons (Fsp3) is 0.471. The van der Waals surface area contributed by atoms with Crippen LogP contribution in [0.1, 0.15) is 31.9 Å². The Morgan fingerprint density at radius 3 is 2.86 bits per heavy atom. The number of ether oxygens (including phenoxy) is 1. The second kappa shape index (κ2) is 6.50. The predicted molar refractivity (Wildman–Crippen MR) is 90.8 cm³/mol. The van der Waals surface area contributed by atoms with E-state index in [1.165, 1.54) is 6.07 Å². The number of hydrogen-bond donors (Lipinski definition) is 1. The molecule has 0 amide bonds. The van der Waals surface area contributed by atoms with Gasteiger partial charge in [-0.15, -0.1) is 0 Å². The van der Waals surface area contributed by atoms with E-state index in [4.69, 9.17) is 4.74 Å². The van der Waals surface area contributed by atoms with E-state index in [-0.39, 0.29) is 5.82 Å². The van der Waals surface area contributed by atoms with Gasteiger partial charge in [0.15, 0.2) is 0 Å². The number of hydrogen-bond acceptors (Lipinski definition) is 3. The average molecular weight is 367 g/mol. The molecular weight excluding hydrogens is 347 g/mol. The van der Waals surface area contributed by atoms with E-state index in [1.807, 2.05) is 6.07 Å². The zero-order valence-corrected chi connectivity index (χ0v) is 14.4. The summed E-state index contributed by atoms with van der Waals surface area (Å²) in [6.07, 6.45) is 4.33. The van der Waals surface area contributed by atoms with E-state index in [0.717, 1.165) is 42.5 Å². The normalized spacial score (nSPS) is 21.5. The van der Waals surface area contributed by atoms with E-state index < -0.39 is 0 Å². The Morgan fingerprint density at radius 1 is 1.36 bits per heavy atom. The molecule has 1 aromatic heterocycles. The fourth-order valence-corrected chi connectivity index (χ4v) is 3.43. The molecule has 1 saturated carbocycles. The van der Waals surface area contributed by atoms with Crippen LogP contribution in [0, 0.1) is 5.82 Å². The highest BCUT2D eigenvalue weighted by Gasteiger charge is 2.25. The molecule has 0 unspecified atom stereocenters. The second-order valence-electron chi connectivity index (χ2n) is 5.81. The Kier molecular flexibility index (Phi) is 4.64. The van der Waals surface area contributed by atoms with Crippen molar-refractivity contribution in [2.75, 3.05) is 12.4 Å². The summed E-state index contributed by atoms with van der Waals surface area (Å²) in [4.78, 5) is 4.54. The highest BCUT2D eigenvalue weighted by Crippen LogP contribution is 2.32. The summed E-state index contributed by atoms with van der Waals surface area (Å²) in [6.45, 7) is 2.06. The lowest BCUT2D eigenvalue weighted by Gasteiger charge is -2.17. The summed E-state index contributed by atoms with van der Waals surface area (Å²) in [6, 6.07) is 5.77. The van der Waals surface area contributed by atoms with Crippen molar-refractivity contribution in [3.63, 3.8) is 0 Å². The molecule has 1 aliphatic carbocycles. The zero-order valence-electron chi connectivity index (χ0n) is 12.8. The van der Waals surface area contributed by atoms with Crippen LogP contribution in [0.15, 0.2) is 22.7 Å². The molecule has 1 aromatic carbocycles. The third-order valence-electron chi connectivity index (χ3n) is 4.34. The standard InChI is InChI=1S/C17H20BrFN2O/c1-3-10-7-16(21-11-4-5-12(6-11)22-2)13-8-14(18)15(19)9-17(13)20-10/h7-9,11-12H,3-6H2,1-2H3,(H,20,21)/t11-,12-/m0/s1. The largest absolute Gasteiger partial charge is 0.382 e. The molecule has 3 nitrogen and oxygen atoms in total. The number of fused-ring (bicyclic) bond motifs is 1. The minimum Gasteiger partial charge on any atom is -0.382 e. The highest BCUT2D eigenvalue weighted by atomic mass is 79.9. The molecule has 0 radical (unpaired) electrons. The quantitative estimate of drug-likeness (QED) is 0.852. The van der Waals surface area contributed by atoms with Gasteiger partial charge in [0, 0.05) is 36.0 Å². The number of rotatable bonds is 4. The van der Waals surface area contributed by atoms with Crippen molar-refractivity contribution in [1.29, 1.82) is 0 Å². The van der Waals surface area contributed by atoms with Gasteiger partial charge >= 0.3 is 0 Å². The summed E-state index contributed by atoms with van der Waals surface area (Å²) in [7, 11) is 1.77. The van der Waals surface area contributed by atoms with Crippen molar-refractivity contribution in [3.05, 3.63) is 34.2 Å². The van der Waals surface area contributed by atoms with Gasteiger partial charge in [0.05, 0.1) is 16.1 Å². The Bertz CT molecular complexity index is 692. The average Bonchev–Trinajstić information content (AvgIpc) is 2.96. The first-order valence-corrected chi connectivity index (χ1v) is 8.48. The van der Waals surface area contributed by atoms with Crippen LogP contribution in [-0.2, 0) is 11.2 Å². The Morgan fingerprint density at radius 2 is 2.18 bits per heavy atom. The molecule has 2 aromatic rings. The van der Waals surface area contributed by atoms with Gasteiger partial charge in [0.25, 0.3) is 0 Å². The van der Waals surface area contributed by atoms with Crippen LogP contribution >= 0.6 is 15.9 Å². The second-order valence-corrected chi connectivity index (χ2v) is 6.66. The maximum atomic E-state index is 13.8. The first-order valence-electron chi connectivity index (χ1n) is 7.68. The first-order chi connectivity index (χ1) is 10.6. The summed E-state index contributed by atoms with van der Waals surface area (Å²) < 4.78 is 19.7. The third-order valence-corrected chi connectivity index (χ3v) is 4.95. The van der Waals surface area contributed by atoms with Gasteiger partial charge in [-0.05, 0) is 53.7 Å². The van der Waals surface area contributed by atoms with E-state index in [1.54, 1.807) is 7.11 Å². The van der Waals surface area contributed by atoms with Gasteiger partial charge in [0.1, 0.15) is 5.82 Å². The number of nitrogens with one attached hydrogen (secondary N) is 1. The molecule has 1 aliphatic rings. The van der Waals surface area contributed by atoms with Crippen LogP contribution in [0.5, 0.6) is 0 Å². The SMILES string of the molecule is CCc1cc(N[C@H]2CC[C@H](OC)C2)c2cc(Br)c(F)cc2n1. The Hall–Kier alpha value is -1.20. The van der Waals surface area contributed by atoms with Crippen molar-refractivity contribution in [3.8, 4) is 0 Å². The van der Waals surface area contributed by atoms with Crippen molar-refractivity contribution in [2.24, 2.45) is 0 Å². The smallest absolute Gasteiger partial charge is 0.139 e. The Labute approximate surface area is 138 Å². The molecule has 0 bridgehead atoms.